The number of anilines is 1. The minimum atomic E-state index is -0.815. The second-order valence-electron chi connectivity index (χ2n) is 6.48. The van der Waals surface area contributed by atoms with Crippen molar-refractivity contribution in [2.45, 2.75) is 39.7 Å². The molecule has 1 atom stereocenters. The smallest absolute Gasteiger partial charge is 0.305 e. The summed E-state index contributed by atoms with van der Waals surface area (Å²) in [4.78, 5) is 11.1. The van der Waals surface area contributed by atoms with Crippen LogP contribution in [0.25, 0.3) is 10.8 Å². The predicted molar refractivity (Wildman–Crippen MR) is 83.3 cm³/mol. The molecule has 0 aliphatic rings. The van der Waals surface area contributed by atoms with Crippen LogP contribution < -0.4 is 5.32 Å². The lowest BCUT2D eigenvalue weighted by Crippen LogP contribution is -2.28. The van der Waals surface area contributed by atoms with E-state index in [-0.39, 0.29) is 17.9 Å². The van der Waals surface area contributed by atoms with E-state index in [0.717, 1.165) is 17.2 Å². The third kappa shape index (κ3) is 4.41. The van der Waals surface area contributed by atoms with Crippen LogP contribution in [0.1, 0.15) is 33.6 Å². The number of rotatable bonds is 5. The fraction of sp³-hybridized carbons (Fsp3) is 0.438. The molecule has 0 radical (unpaired) electrons. The molecule has 0 fully saturated rings. The second-order valence-corrected chi connectivity index (χ2v) is 6.48. The first kappa shape index (κ1) is 15.2. The van der Waals surface area contributed by atoms with E-state index < -0.39 is 5.97 Å². The first-order valence-corrected chi connectivity index (χ1v) is 7.04. The molecule has 112 valence electrons. The molecule has 0 bridgehead atoms. The molecule has 0 saturated carbocycles. The van der Waals surface area contributed by atoms with Crippen molar-refractivity contribution in [3.05, 3.63) is 30.5 Å². The summed E-state index contributed by atoms with van der Waals surface area (Å²) in [6, 6.07) is 7.62. The molecule has 1 unspecified atom stereocenters. The molecule has 2 rings (SSSR count). The zero-order chi connectivity index (χ0) is 15.5. The number of hydrogen-bond acceptors (Lipinski definition) is 4. The summed E-state index contributed by atoms with van der Waals surface area (Å²) in [5, 5.41) is 22.4. The van der Waals surface area contributed by atoms with Gasteiger partial charge >= 0.3 is 5.97 Å². The number of carbonyl (C=O) groups is 1. The molecular formula is C16H21N3O2. The van der Waals surface area contributed by atoms with Gasteiger partial charge in [0.2, 0.25) is 0 Å². The standard InChI is InChI=1S/C16H21N3O2/c1-16(2,3)9-12(8-14(20)21)18-15-13-7-5-4-6-11(13)10-17-19-15/h4-7,10,12H,8-9H2,1-3H3,(H,18,19)(H,20,21). The highest BCUT2D eigenvalue weighted by Gasteiger charge is 2.22. The lowest BCUT2D eigenvalue weighted by Gasteiger charge is -2.26. The van der Waals surface area contributed by atoms with Crippen LogP contribution in [-0.4, -0.2) is 27.3 Å². The first-order valence-electron chi connectivity index (χ1n) is 7.04. The van der Waals surface area contributed by atoms with Crippen LogP contribution in [0.2, 0.25) is 0 Å². The Labute approximate surface area is 124 Å². The molecule has 0 spiro atoms. The number of benzene rings is 1. The van der Waals surface area contributed by atoms with Crippen molar-refractivity contribution in [3.63, 3.8) is 0 Å². The van der Waals surface area contributed by atoms with Crippen LogP contribution in [0.3, 0.4) is 0 Å². The van der Waals surface area contributed by atoms with Gasteiger partial charge in [-0.1, -0.05) is 45.0 Å². The normalized spacial score (nSPS) is 13.1. The van der Waals surface area contributed by atoms with Crippen molar-refractivity contribution < 1.29 is 9.90 Å². The molecule has 2 aromatic rings. The Morgan fingerprint density at radius 1 is 1.33 bits per heavy atom. The van der Waals surface area contributed by atoms with Crippen molar-refractivity contribution in [2.24, 2.45) is 5.41 Å². The lowest BCUT2D eigenvalue weighted by atomic mass is 9.87. The van der Waals surface area contributed by atoms with Gasteiger partial charge in [0.25, 0.3) is 0 Å². The number of fused-ring (bicyclic) bond motifs is 1. The third-order valence-electron chi connectivity index (χ3n) is 3.19. The summed E-state index contributed by atoms with van der Waals surface area (Å²) in [6.07, 6.45) is 2.50. The third-order valence-corrected chi connectivity index (χ3v) is 3.19. The fourth-order valence-electron chi connectivity index (χ4n) is 2.45. The summed E-state index contributed by atoms with van der Waals surface area (Å²) < 4.78 is 0. The molecule has 5 nitrogen and oxygen atoms in total. The maximum absolute atomic E-state index is 11.1. The van der Waals surface area contributed by atoms with Gasteiger partial charge in [0.05, 0.1) is 12.6 Å². The van der Waals surface area contributed by atoms with E-state index in [9.17, 15) is 4.79 Å². The Bertz CT molecular complexity index is 629. The highest BCUT2D eigenvalue weighted by Crippen LogP contribution is 2.26. The van der Waals surface area contributed by atoms with Crippen LogP contribution in [0.5, 0.6) is 0 Å². The number of hydrogen-bond donors (Lipinski definition) is 2. The SMILES string of the molecule is CC(C)(C)CC(CC(=O)O)Nc1nncc2ccccc12. The van der Waals surface area contributed by atoms with Crippen molar-refractivity contribution in [3.8, 4) is 0 Å². The van der Waals surface area contributed by atoms with Gasteiger partial charge in [0.1, 0.15) is 0 Å². The van der Waals surface area contributed by atoms with E-state index in [1.807, 2.05) is 24.3 Å². The molecule has 1 heterocycles. The topological polar surface area (TPSA) is 75.1 Å². The Morgan fingerprint density at radius 2 is 2.05 bits per heavy atom. The Balaban J connectivity index is 2.27. The van der Waals surface area contributed by atoms with Gasteiger partial charge < -0.3 is 10.4 Å². The van der Waals surface area contributed by atoms with Crippen molar-refractivity contribution in [1.29, 1.82) is 0 Å². The van der Waals surface area contributed by atoms with Crippen molar-refractivity contribution in [1.82, 2.24) is 10.2 Å². The summed E-state index contributed by atoms with van der Waals surface area (Å²) in [6.45, 7) is 6.29. The van der Waals surface area contributed by atoms with Gasteiger partial charge in [-0.05, 0) is 11.8 Å². The highest BCUT2D eigenvalue weighted by atomic mass is 16.4. The van der Waals surface area contributed by atoms with Gasteiger partial charge in [0.15, 0.2) is 5.82 Å². The van der Waals surface area contributed by atoms with Gasteiger partial charge in [-0.3, -0.25) is 4.79 Å². The average Bonchev–Trinajstić information content (AvgIpc) is 2.36. The molecule has 21 heavy (non-hydrogen) atoms. The average molecular weight is 287 g/mol. The number of carboxylic acids is 1. The van der Waals surface area contributed by atoms with E-state index in [0.29, 0.717) is 5.82 Å². The summed E-state index contributed by atoms with van der Waals surface area (Å²) in [7, 11) is 0. The molecule has 0 aliphatic carbocycles. The molecule has 1 aromatic heterocycles. The summed E-state index contributed by atoms with van der Waals surface area (Å²) in [5.41, 5.74) is 0.0329. The molecule has 1 aromatic carbocycles. The van der Waals surface area contributed by atoms with E-state index >= 15 is 0 Å². The Kier molecular flexibility index (Phi) is 4.40. The zero-order valence-corrected chi connectivity index (χ0v) is 12.6. The summed E-state index contributed by atoms with van der Waals surface area (Å²) in [5.74, 6) is -0.173. The quantitative estimate of drug-likeness (QED) is 0.882. The molecule has 0 saturated heterocycles. The Morgan fingerprint density at radius 3 is 2.71 bits per heavy atom. The van der Waals surface area contributed by atoms with Crippen molar-refractivity contribution >= 4 is 22.6 Å². The van der Waals surface area contributed by atoms with Gasteiger partial charge in [-0.25, -0.2) is 0 Å². The maximum Gasteiger partial charge on any atom is 0.305 e. The second kappa shape index (κ2) is 6.08. The van der Waals surface area contributed by atoms with E-state index in [1.54, 1.807) is 6.20 Å². The molecular weight excluding hydrogens is 266 g/mol. The number of aromatic nitrogens is 2. The van der Waals surface area contributed by atoms with Crippen LogP contribution >= 0.6 is 0 Å². The van der Waals surface area contributed by atoms with Gasteiger partial charge in [-0.2, -0.15) is 5.10 Å². The largest absolute Gasteiger partial charge is 0.481 e. The van der Waals surface area contributed by atoms with Crippen LogP contribution in [0, 0.1) is 5.41 Å². The van der Waals surface area contributed by atoms with Gasteiger partial charge in [0, 0.05) is 16.8 Å². The first-order chi connectivity index (χ1) is 9.85. The minimum absolute atomic E-state index is 0.0329. The molecule has 2 N–H and O–H groups in total. The maximum atomic E-state index is 11.1. The lowest BCUT2D eigenvalue weighted by molar-refractivity contribution is -0.137. The summed E-state index contributed by atoms with van der Waals surface area (Å²) >= 11 is 0. The number of nitrogens with one attached hydrogen (secondary N) is 1. The van der Waals surface area contributed by atoms with Crippen molar-refractivity contribution in [2.75, 3.05) is 5.32 Å². The minimum Gasteiger partial charge on any atom is -0.481 e. The monoisotopic (exact) mass is 287 g/mol. The van der Waals surface area contributed by atoms with Crippen LogP contribution in [0.4, 0.5) is 5.82 Å². The zero-order valence-electron chi connectivity index (χ0n) is 12.6. The Hall–Kier alpha value is -2.17. The highest BCUT2D eigenvalue weighted by molar-refractivity contribution is 5.91. The van der Waals surface area contributed by atoms with E-state index in [1.165, 1.54) is 0 Å². The van der Waals surface area contributed by atoms with Crippen LogP contribution in [-0.2, 0) is 4.79 Å². The number of carboxylic acid groups (broad SMARTS) is 1. The van der Waals surface area contributed by atoms with E-state index in [2.05, 4.69) is 36.3 Å². The van der Waals surface area contributed by atoms with E-state index in [4.69, 9.17) is 5.11 Å². The number of nitrogens with zero attached hydrogens (tertiary/aromatic N) is 2. The predicted octanol–water partition coefficient (Wildman–Crippen LogP) is 3.32. The fourth-order valence-corrected chi connectivity index (χ4v) is 2.45. The number of aliphatic carboxylic acids is 1. The molecule has 0 amide bonds. The molecule has 0 aliphatic heterocycles. The van der Waals surface area contributed by atoms with Crippen LogP contribution in [0.15, 0.2) is 30.5 Å². The molecule has 5 heteroatoms. The van der Waals surface area contributed by atoms with Gasteiger partial charge in [-0.15, -0.1) is 5.10 Å².